The Morgan fingerprint density at radius 1 is 1.20 bits per heavy atom. The molecule has 0 spiro atoms. The number of rotatable bonds is 6. The van der Waals surface area contributed by atoms with Crippen LogP contribution in [0.1, 0.15) is 44.6 Å². The third-order valence-corrected chi connectivity index (χ3v) is 4.39. The van der Waals surface area contributed by atoms with Crippen LogP contribution in [0.25, 0.3) is 0 Å². The molecular weight excluding hydrogens is 338 g/mol. The summed E-state index contributed by atoms with van der Waals surface area (Å²) in [5.74, 6) is -2.86. The number of benzene rings is 1. The Kier molecular flexibility index (Phi) is 6.43. The van der Waals surface area contributed by atoms with Crippen LogP contribution in [0.2, 0.25) is 0 Å². The second-order valence-corrected chi connectivity index (χ2v) is 6.71. The molecule has 0 bridgehead atoms. The maximum Gasteiger partial charge on any atom is 0.573 e. The van der Waals surface area contributed by atoms with E-state index in [9.17, 15) is 22.4 Å². The van der Waals surface area contributed by atoms with Gasteiger partial charge in [0.1, 0.15) is 5.78 Å². The molecule has 1 aliphatic heterocycles. The number of carbonyl (C=O) groups is 1. The number of alkyl halides is 3. The van der Waals surface area contributed by atoms with E-state index >= 15 is 0 Å². The third kappa shape index (κ3) is 5.70. The predicted octanol–water partition coefficient (Wildman–Crippen LogP) is 4.52. The molecule has 1 fully saturated rings. The Hall–Kier alpha value is -1.63. The van der Waals surface area contributed by atoms with Gasteiger partial charge in [-0.1, -0.05) is 26.3 Å². The first-order valence-electron chi connectivity index (χ1n) is 8.48. The zero-order valence-corrected chi connectivity index (χ0v) is 14.4. The van der Waals surface area contributed by atoms with Gasteiger partial charge in [0.05, 0.1) is 5.92 Å². The molecule has 0 aromatic heterocycles. The number of hydrogen-bond acceptors (Lipinski definition) is 3. The van der Waals surface area contributed by atoms with Gasteiger partial charge in [0, 0.05) is 12.5 Å². The van der Waals surface area contributed by atoms with Crippen LogP contribution in [-0.2, 0) is 4.79 Å². The number of likely N-dealkylation sites (tertiary alicyclic amines) is 1. The number of halogens is 4. The first kappa shape index (κ1) is 19.7. The Labute approximate surface area is 145 Å². The summed E-state index contributed by atoms with van der Waals surface area (Å²) in [6.07, 6.45) is -1.70. The van der Waals surface area contributed by atoms with Gasteiger partial charge >= 0.3 is 6.36 Å². The van der Waals surface area contributed by atoms with Crippen molar-refractivity contribution in [1.29, 1.82) is 0 Å². The lowest BCUT2D eigenvalue weighted by atomic mass is 9.88. The molecule has 2 rings (SSSR count). The van der Waals surface area contributed by atoms with Gasteiger partial charge in [0.15, 0.2) is 11.6 Å². The van der Waals surface area contributed by atoms with Crippen LogP contribution in [0.4, 0.5) is 17.6 Å². The van der Waals surface area contributed by atoms with Crippen molar-refractivity contribution in [2.24, 2.45) is 5.92 Å². The van der Waals surface area contributed by atoms with Crippen molar-refractivity contribution >= 4 is 5.78 Å². The van der Waals surface area contributed by atoms with Crippen LogP contribution in [0.5, 0.6) is 5.75 Å². The van der Waals surface area contributed by atoms with E-state index in [1.165, 1.54) is 6.07 Å². The van der Waals surface area contributed by atoms with E-state index in [1.54, 1.807) is 13.8 Å². The standard InChI is InChI=1S/C18H23F4NO2/c1-12(2)17(24)14(11-23-8-4-3-5-9-23)13-6-7-16(15(19)10-13)25-18(20,21)22/h6-7,10,12,14H,3-5,8-9,11H2,1-2H3/t14-/m1/s1. The summed E-state index contributed by atoms with van der Waals surface area (Å²) in [5, 5.41) is 0. The highest BCUT2D eigenvalue weighted by atomic mass is 19.4. The van der Waals surface area contributed by atoms with Gasteiger partial charge < -0.3 is 9.64 Å². The normalized spacial score (nSPS) is 17.6. The Morgan fingerprint density at radius 3 is 2.36 bits per heavy atom. The van der Waals surface area contributed by atoms with Crippen LogP contribution in [0, 0.1) is 11.7 Å². The molecule has 0 unspecified atom stereocenters. The smallest absolute Gasteiger partial charge is 0.403 e. The lowest BCUT2D eigenvalue weighted by Crippen LogP contribution is -2.36. The van der Waals surface area contributed by atoms with E-state index < -0.39 is 23.8 Å². The molecule has 0 N–H and O–H groups in total. The summed E-state index contributed by atoms with van der Waals surface area (Å²) in [6.45, 7) is 5.74. The third-order valence-electron chi connectivity index (χ3n) is 4.39. The van der Waals surface area contributed by atoms with Gasteiger partial charge in [0.2, 0.25) is 0 Å². The highest BCUT2D eigenvalue weighted by Crippen LogP contribution is 2.30. The first-order chi connectivity index (χ1) is 11.7. The highest BCUT2D eigenvalue weighted by molar-refractivity contribution is 5.87. The van der Waals surface area contributed by atoms with Crippen molar-refractivity contribution < 1.29 is 27.1 Å². The molecule has 1 aromatic carbocycles. The number of hydrogen-bond donors (Lipinski definition) is 0. The maximum absolute atomic E-state index is 14.0. The maximum atomic E-state index is 14.0. The average molecular weight is 361 g/mol. The number of nitrogens with zero attached hydrogens (tertiary/aromatic N) is 1. The number of ketones is 1. The lowest BCUT2D eigenvalue weighted by molar-refractivity contribution is -0.275. The topological polar surface area (TPSA) is 29.5 Å². The van der Waals surface area contributed by atoms with Gasteiger partial charge in [0.25, 0.3) is 0 Å². The summed E-state index contributed by atoms with van der Waals surface area (Å²) in [4.78, 5) is 14.7. The van der Waals surface area contributed by atoms with Crippen LogP contribution < -0.4 is 4.74 Å². The second-order valence-electron chi connectivity index (χ2n) is 6.71. The van der Waals surface area contributed by atoms with Crippen molar-refractivity contribution in [3.63, 3.8) is 0 Å². The minimum atomic E-state index is -4.96. The number of piperidine rings is 1. The zero-order valence-electron chi connectivity index (χ0n) is 14.4. The largest absolute Gasteiger partial charge is 0.573 e. The van der Waals surface area contributed by atoms with Crippen molar-refractivity contribution in [2.45, 2.75) is 45.4 Å². The molecule has 1 aromatic rings. The fourth-order valence-corrected chi connectivity index (χ4v) is 3.10. The van der Waals surface area contributed by atoms with Crippen molar-refractivity contribution in [3.05, 3.63) is 29.6 Å². The fourth-order valence-electron chi connectivity index (χ4n) is 3.10. The van der Waals surface area contributed by atoms with Crippen LogP contribution in [0.3, 0.4) is 0 Å². The molecule has 140 valence electrons. The van der Waals surface area contributed by atoms with Crippen molar-refractivity contribution in [1.82, 2.24) is 4.90 Å². The van der Waals surface area contributed by atoms with Crippen LogP contribution in [-0.4, -0.2) is 36.7 Å². The Balaban J connectivity index is 2.23. The van der Waals surface area contributed by atoms with E-state index in [0.717, 1.165) is 44.5 Å². The van der Waals surface area contributed by atoms with E-state index in [2.05, 4.69) is 9.64 Å². The molecule has 0 aliphatic carbocycles. The summed E-state index contributed by atoms with van der Waals surface area (Å²) < 4.78 is 54.5. The molecule has 0 radical (unpaired) electrons. The molecule has 0 amide bonds. The van der Waals surface area contributed by atoms with Gasteiger partial charge in [-0.2, -0.15) is 0 Å². The molecule has 3 nitrogen and oxygen atoms in total. The van der Waals surface area contributed by atoms with Crippen LogP contribution >= 0.6 is 0 Å². The van der Waals surface area contributed by atoms with E-state index in [4.69, 9.17) is 0 Å². The molecule has 1 saturated heterocycles. The first-order valence-corrected chi connectivity index (χ1v) is 8.48. The van der Waals surface area contributed by atoms with E-state index in [1.807, 2.05) is 0 Å². The SMILES string of the molecule is CC(C)C(=O)[C@H](CN1CCCCC1)c1ccc(OC(F)(F)F)c(F)c1. The lowest BCUT2D eigenvalue weighted by Gasteiger charge is -2.31. The summed E-state index contributed by atoms with van der Waals surface area (Å²) in [5.41, 5.74) is 0.385. The summed E-state index contributed by atoms with van der Waals surface area (Å²) >= 11 is 0. The molecule has 7 heteroatoms. The minimum Gasteiger partial charge on any atom is -0.403 e. The van der Waals surface area contributed by atoms with Crippen molar-refractivity contribution in [2.75, 3.05) is 19.6 Å². The van der Waals surface area contributed by atoms with Crippen LogP contribution in [0.15, 0.2) is 18.2 Å². The van der Waals surface area contributed by atoms with Gasteiger partial charge in [-0.25, -0.2) is 4.39 Å². The monoisotopic (exact) mass is 361 g/mol. The molecule has 1 atom stereocenters. The average Bonchev–Trinajstić information content (AvgIpc) is 2.53. The van der Waals surface area contributed by atoms with Gasteiger partial charge in [-0.05, 0) is 43.6 Å². The molecular formula is C18H23F4NO2. The van der Waals surface area contributed by atoms with E-state index in [-0.39, 0.29) is 11.7 Å². The van der Waals surface area contributed by atoms with E-state index in [0.29, 0.717) is 12.1 Å². The number of ether oxygens (including phenoxy) is 1. The number of Topliss-reactive ketones (excluding diaryl/α,β-unsaturated/α-hetero) is 1. The predicted molar refractivity (Wildman–Crippen MR) is 86.0 cm³/mol. The Morgan fingerprint density at radius 2 is 1.84 bits per heavy atom. The molecule has 1 heterocycles. The van der Waals surface area contributed by atoms with Crippen molar-refractivity contribution in [3.8, 4) is 5.75 Å². The summed E-state index contributed by atoms with van der Waals surface area (Å²) in [6, 6.07) is 3.27. The molecule has 25 heavy (non-hydrogen) atoms. The second kappa shape index (κ2) is 8.17. The number of carbonyl (C=O) groups excluding carboxylic acids is 1. The minimum absolute atomic E-state index is 0.0468. The fraction of sp³-hybridized carbons (Fsp3) is 0.611. The van der Waals surface area contributed by atoms with Gasteiger partial charge in [-0.15, -0.1) is 13.2 Å². The quantitative estimate of drug-likeness (QED) is 0.698. The summed E-state index contributed by atoms with van der Waals surface area (Å²) in [7, 11) is 0. The highest BCUT2D eigenvalue weighted by Gasteiger charge is 2.33. The zero-order chi connectivity index (χ0) is 18.6. The Bertz CT molecular complexity index is 595. The molecule has 0 saturated carbocycles. The van der Waals surface area contributed by atoms with Gasteiger partial charge in [-0.3, -0.25) is 4.79 Å². The molecule has 1 aliphatic rings.